The lowest BCUT2D eigenvalue weighted by Crippen LogP contribution is -2.41. The average molecular weight is 200 g/mol. The summed E-state index contributed by atoms with van der Waals surface area (Å²) >= 11 is 0. The normalized spacial score (nSPS) is 27.1. The monoisotopic (exact) mass is 200 g/mol. The van der Waals surface area contributed by atoms with Crippen molar-refractivity contribution < 1.29 is 9.53 Å². The van der Waals surface area contributed by atoms with Gasteiger partial charge in [-0.15, -0.1) is 0 Å². The molecular formula is C10H20N2O2. The second-order valence-corrected chi connectivity index (χ2v) is 4.80. The molecule has 0 saturated carbocycles. The van der Waals surface area contributed by atoms with E-state index < -0.39 is 0 Å². The van der Waals surface area contributed by atoms with Crippen molar-refractivity contribution in [2.75, 3.05) is 19.7 Å². The van der Waals surface area contributed by atoms with E-state index in [2.05, 4.69) is 0 Å². The molecule has 1 fully saturated rings. The average Bonchev–Trinajstić information content (AvgIpc) is 2.41. The van der Waals surface area contributed by atoms with Crippen LogP contribution in [0.5, 0.6) is 0 Å². The maximum absolute atomic E-state index is 11.5. The van der Waals surface area contributed by atoms with Gasteiger partial charge < -0.3 is 15.4 Å². The van der Waals surface area contributed by atoms with Crippen LogP contribution in [-0.2, 0) is 4.74 Å². The fraction of sp³-hybridized carbons (Fsp3) is 0.900. The van der Waals surface area contributed by atoms with Gasteiger partial charge in [-0.1, -0.05) is 13.8 Å². The maximum Gasteiger partial charge on any atom is 0.409 e. The van der Waals surface area contributed by atoms with Crippen molar-refractivity contribution in [3.8, 4) is 0 Å². The quantitative estimate of drug-likeness (QED) is 0.728. The van der Waals surface area contributed by atoms with Gasteiger partial charge in [0.05, 0.1) is 6.61 Å². The minimum absolute atomic E-state index is 0.229. The lowest BCUT2D eigenvalue weighted by molar-refractivity contribution is 0.0980. The number of hydrogen-bond donors (Lipinski definition) is 1. The van der Waals surface area contributed by atoms with Crippen LogP contribution in [0, 0.1) is 5.92 Å². The van der Waals surface area contributed by atoms with Crippen molar-refractivity contribution in [2.45, 2.75) is 32.7 Å². The van der Waals surface area contributed by atoms with E-state index in [1.165, 1.54) is 0 Å². The highest BCUT2D eigenvalue weighted by Crippen LogP contribution is 2.18. The van der Waals surface area contributed by atoms with Gasteiger partial charge >= 0.3 is 6.09 Å². The van der Waals surface area contributed by atoms with Gasteiger partial charge in [0.25, 0.3) is 0 Å². The van der Waals surface area contributed by atoms with Crippen LogP contribution in [-0.4, -0.2) is 36.2 Å². The minimum Gasteiger partial charge on any atom is -0.449 e. The number of likely N-dealkylation sites (tertiary alicyclic amines) is 1. The highest BCUT2D eigenvalue weighted by molar-refractivity contribution is 5.68. The van der Waals surface area contributed by atoms with E-state index in [4.69, 9.17) is 10.5 Å². The number of carbonyl (C=O) groups is 1. The number of ether oxygens (including phenoxy) is 1. The molecular weight excluding hydrogens is 180 g/mol. The Labute approximate surface area is 85.4 Å². The van der Waals surface area contributed by atoms with Crippen molar-refractivity contribution in [1.29, 1.82) is 0 Å². The molecule has 4 heteroatoms. The van der Waals surface area contributed by atoms with Crippen molar-refractivity contribution in [1.82, 2.24) is 4.90 Å². The first-order chi connectivity index (χ1) is 6.41. The van der Waals surface area contributed by atoms with Gasteiger partial charge in [0.15, 0.2) is 0 Å². The summed E-state index contributed by atoms with van der Waals surface area (Å²) in [6.45, 7) is 7.79. The van der Waals surface area contributed by atoms with E-state index in [1.54, 1.807) is 4.90 Å². The molecule has 82 valence electrons. The van der Waals surface area contributed by atoms with Gasteiger partial charge in [0.2, 0.25) is 0 Å². The molecule has 0 bridgehead atoms. The first-order valence-electron chi connectivity index (χ1n) is 5.11. The molecule has 1 amide bonds. The van der Waals surface area contributed by atoms with Crippen LogP contribution in [0.3, 0.4) is 0 Å². The van der Waals surface area contributed by atoms with Gasteiger partial charge in [-0.25, -0.2) is 4.79 Å². The van der Waals surface area contributed by atoms with Crippen LogP contribution in [0.4, 0.5) is 4.79 Å². The minimum atomic E-state index is -0.239. The van der Waals surface area contributed by atoms with E-state index in [0.717, 1.165) is 6.42 Å². The Morgan fingerprint density at radius 1 is 1.64 bits per heavy atom. The molecule has 4 nitrogen and oxygen atoms in total. The zero-order valence-electron chi connectivity index (χ0n) is 9.25. The summed E-state index contributed by atoms with van der Waals surface area (Å²) in [4.78, 5) is 13.2. The number of hydrogen-bond acceptors (Lipinski definition) is 3. The summed E-state index contributed by atoms with van der Waals surface area (Å²) in [7, 11) is 0. The molecule has 0 aromatic rings. The Hall–Kier alpha value is -0.770. The van der Waals surface area contributed by atoms with Crippen LogP contribution in [0.1, 0.15) is 27.2 Å². The smallest absolute Gasteiger partial charge is 0.409 e. The van der Waals surface area contributed by atoms with Crippen LogP contribution in [0.2, 0.25) is 0 Å². The first-order valence-corrected chi connectivity index (χ1v) is 5.11. The molecule has 0 radical (unpaired) electrons. The first kappa shape index (κ1) is 11.3. The molecule has 1 aliphatic heterocycles. The SMILES string of the molecule is CC(C)COC(=O)N1CCC(C)(N)C1. The van der Waals surface area contributed by atoms with Crippen molar-refractivity contribution >= 4 is 6.09 Å². The molecule has 0 aromatic heterocycles. The maximum atomic E-state index is 11.5. The van der Waals surface area contributed by atoms with Gasteiger partial charge in [-0.2, -0.15) is 0 Å². The second kappa shape index (κ2) is 4.17. The molecule has 0 spiro atoms. The highest BCUT2D eigenvalue weighted by atomic mass is 16.6. The van der Waals surface area contributed by atoms with Crippen LogP contribution < -0.4 is 5.73 Å². The van der Waals surface area contributed by atoms with E-state index in [-0.39, 0.29) is 11.6 Å². The Balaban J connectivity index is 2.33. The number of nitrogens with zero attached hydrogens (tertiary/aromatic N) is 1. The molecule has 2 N–H and O–H groups in total. The molecule has 1 heterocycles. The predicted molar refractivity (Wildman–Crippen MR) is 55.0 cm³/mol. The second-order valence-electron chi connectivity index (χ2n) is 4.80. The fourth-order valence-electron chi connectivity index (χ4n) is 1.47. The summed E-state index contributed by atoms with van der Waals surface area (Å²) in [5.74, 6) is 0.380. The molecule has 1 rings (SSSR count). The van der Waals surface area contributed by atoms with Crippen LogP contribution in [0.15, 0.2) is 0 Å². The Bertz CT molecular complexity index is 214. The molecule has 1 aliphatic rings. The Morgan fingerprint density at radius 3 is 2.71 bits per heavy atom. The summed E-state index contributed by atoms with van der Waals surface area (Å²) in [5, 5.41) is 0. The third-order valence-electron chi connectivity index (χ3n) is 2.30. The molecule has 0 aliphatic carbocycles. The summed E-state index contributed by atoms with van der Waals surface area (Å²) < 4.78 is 5.11. The Kier molecular flexibility index (Phi) is 3.37. The van der Waals surface area contributed by atoms with Gasteiger partial charge in [0.1, 0.15) is 0 Å². The van der Waals surface area contributed by atoms with Gasteiger partial charge in [0, 0.05) is 18.6 Å². The zero-order chi connectivity index (χ0) is 10.8. The van der Waals surface area contributed by atoms with E-state index in [9.17, 15) is 4.79 Å². The predicted octanol–water partition coefficient (Wildman–Crippen LogP) is 1.20. The molecule has 1 saturated heterocycles. The lowest BCUT2D eigenvalue weighted by Gasteiger charge is -2.19. The zero-order valence-corrected chi connectivity index (χ0v) is 9.25. The summed E-state index contributed by atoms with van der Waals surface area (Å²) in [5.41, 5.74) is 5.67. The Morgan fingerprint density at radius 2 is 2.29 bits per heavy atom. The number of nitrogens with two attached hydrogens (primary N) is 1. The van der Waals surface area contributed by atoms with Crippen molar-refractivity contribution in [3.63, 3.8) is 0 Å². The standard InChI is InChI=1S/C10H20N2O2/c1-8(2)6-14-9(13)12-5-4-10(3,11)7-12/h8H,4-7,11H2,1-3H3. The summed E-state index contributed by atoms with van der Waals surface area (Å²) in [6, 6.07) is 0. The molecule has 1 unspecified atom stereocenters. The topological polar surface area (TPSA) is 55.6 Å². The van der Waals surface area contributed by atoms with Crippen molar-refractivity contribution in [3.05, 3.63) is 0 Å². The number of carbonyl (C=O) groups excluding carboxylic acids is 1. The van der Waals surface area contributed by atoms with Gasteiger partial charge in [-0.05, 0) is 19.3 Å². The lowest BCUT2D eigenvalue weighted by atomic mass is 10.0. The molecule has 0 aromatic carbocycles. The van der Waals surface area contributed by atoms with Crippen LogP contribution in [0.25, 0.3) is 0 Å². The van der Waals surface area contributed by atoms with Crippen molar-refractivity contribution in [2.24, 2.45) is 11.7 Å². The summed E-state index contributed by atoms with van der Waals surface area (Å²) in [6.07, 6.45) is 0.622. The van der Waals surface area contributed by atoms with E-state index >= 15 is 0 Å². The molecule has 1 atom stereocenters. The van der Waals surface area contributed by atoms with E-state index in [1.807, 2.05) is 20.8 Å². The fourth-order valence-corrected chi connectivity index (χ4v) is 1.47. The third kappa shape index (κ3) is 3.18. The molecule has 14 heavy (non-hydrogen) atoms. The highest BCUT2D eigenvalue weighted by Gasteiger charge is 2.33. The number of rotatable bonds is 2. The largest absolute Gasteiger partial charge is 0.449 e. The number of amides is 1. The van der Waals surface area contributed by atoms with Gasteiger partial charge in [-0.3, -0.25) is 0 Å². The third-order valence-corrected chi connectivity index (χ3v) is 2.30. The van der Waals surface area contributed by atoms with Crippen LogP contribution >= 0.6 is 0 Å². The van der Waals surface area contributed by atoms with E-state index in [0.29, 0.717) is 25.6 Å².